The molecule has 1 aromatic heterocycles. The van der Waals surface area contributed by atoms with Gasteiger partial charge in [-0.05, 0) is 72.9 Å². The van der Waals surface area contributed by atoms with Crippen LogP contribution in [-0.4, -0.2) is 16.5 Å². The average Bonchev–Trinajstić information content (AvgIpc) is 3.27. The normalized spacial score (nSPS) is 14.8. The molecule has 0 radical (unpaired) electrons. The molecule has 5 heteroatoms. The van der Waals surface area contributed by atoms with Gasteiger partial charge in [-0.3, -0.25) is 4.79 Å². The number of carbonyl (C=O) groups is 2. The lowest BCUT2D eigenvalue weighted by Crippen LogP contribution is -2.10. The van der Waals surface area contributed by atoms with Gasteiger partial charge in [-0.2, -0.15) is 0 Å². The molecule has 34 heavy (non-hydrogen) atoms. The second-order valence-electron chi connectivity index (χ2n) is 9.57. The molecule has 0 atom stereocenters. The largest absolute Gasteiger partial charge is 0.427 e. The fourth-order valence-electron chi connectivity index (χ4n) is 4.09. The number of hydrogen-bond donors (Lipinski definition) is 0. The summed E-state index contributed by atoms with van der Waals surface area (Å²) in [5.41, 5.74) is 6.59. The van der Waals surface area contributed by atoms with Crippen LogP contribution in [0.2, 0.25) is 0 Å². The fourth-order valence-corrected chi connectivity index (χ4v) is 4.09. The van der Waals surface area contributed by atoms with E-state index >= 15 is 0 Å². The van der Waals surface area contributed by atoms with Gasteiger partial charge in [-0.15, -0.1) is 0 Å². The molecule has 0 saturated carbocycles. The maximum absolute atomic E-state index is 12.6. The van der Waals surface area contributed by atoms with Gasteiger partial charge in [0.05, 0.1) is 5.57 Å². The Morgan fingerprint density at radius 3 is 2.24 bits per heavy atom. The Hall–Kier alpha value is -3.86. The highest BCUT2D eigenvalue weighted by Gasteiger charge is 2.23. The van der Waals surface area contributed by atoms with Crippen molar-refractivity contribution >= 4 is 23.8 Å². The molecule has 1 aliphatic heterocycles. The maximum atomic E-state index is 12.6. The molecule has 0 bridgehead atoms. The van der Waals surface area contributed by atoms with Gasteiger partial charge in [0.2, 0.25) is 0 Å². The van der Waals surface area contributed by atoms with Crippen molar-refractivity contribution in [3.63, 3.8) is 0 Å². The number of nitrogens with zero attached hydrogens (tertiary/aromatic N) is 1. The summed E-state index contributed by atoms with van der Waals surface area (Å²) < 4.78 is 12.8. The molecule has 0 aliphatic carbocycles. The number of ether oxygens (including phenoxy) is 2. The Balaban J connectivity index is 1.62. The lowest BCUT2D eigenvalue weighted by atomic mass is 9.86. The predicted octanol–water partition coefficient (Wildman–Crippen LogP) is 6.30. The van der Waals surface area contributed by atoms with Gasteiger partial charge < -0.3 is 14.0 Å². The first-order valence-electron chi connectivity index (χ1n) is 11.3. The van der Waals surface area contributed by atoms with Crippen LogP contribution in [0, 0.1) is 13.8 Å². The zero-order valence-corrected chi connectivity index (χ0v) is 20.4. The summed E-state index contributed by atoms with van der Waals surface area (Å²) in [6.07, 6.45) is 3.67. The van der Waals surface area contributed by atoms with E-state index in [1.165, 1.54) is 12.5 Å². The van der Waals surface area contributed by atoms with Crippen LogP contribution in [0.5, 0.6) is 5.75 Å². The molecule has 0 saturated heterocycles. The van der Waals surface area contributed by atoms with Crippen LogP contribution in [-0.2, 0) is 19.7 Å². The van der Waals surface area contributed by atoms with E-state index in [2.05, 4.69) is 37.5 Å². The molecule has 5 nitrogen and oxygen atoms in total. The van der Waals surface area contributed by atoms with E-state index < -0.39 is 0 Å². The number of aromatic nitrogens is 1. The molecule has 174 valence electrons. The summed E-state index contributed by atoms with van der Waals surface area (Å²) >= 11 is 0. The number of benzene rings is 2. The maximum Gasteiger partial charge on any atom is 0.343 e. The third-order valence-electron chi connectivity index (χ3n) is 5.90. The van der Waals surface area contributed by atoms with Gasteiger partial charge in [0.1, 0.15) is 11.5 Å². The second-order valence-corrected chi connectivity index (χ2v) is 9.57. The lowest BCUT2D eigenvalue weighted by molar-refractivity contribution is -0.132. The van der Waals surface area contributed by atoms with E-state index in [1.807, 2.05) is 50.3 Å². The fraction of sp³-hybridized carbons (Fsp3) is 0.241. The Morgan fingerprint density at radius 1 is 1.00 bits per heavy atom. The van der Waals surface area contributed by atoms with Crippen molar-refractivity contribution in [2.75, 3.05) is 0 Å². The van der Waals surface area contributed by atoms with E-state index in [0.717, 1.165) is 28.2 Å². The minimum Gasteiger partial charge on any atom is -0.427 e. The summed E-state index contributed by atoms with van der Waals surface area (Å²) in [7, 11) is 0. The quantitative estimate of drug-likeness (QED) is 0.263. The summed E-state index contributed by atoms with van der Waals surface area (Å²) in [4.78, 5) is 23.8. The summed E-state index contributed by atoms with van der Waals surface area (Å²) in [5.74, 6) is 0.357. The van der Waals surface area contributed by atoms with Crippen molar-refractivity contribution in [3.8, 4) is 11.4 Å². The van der Waals surface area contributed by atoms with Gasteiger partial charge in [0.15, 0.2) is 0 Å². The lowest BCUT2D eigenvalue weighted by Gasteiger charge is -2.19. The Kier molecular flexibility index (Phi) is 6.05. The predicted molar refractivity (Wildman–Crippen MR) is 134 cm³/mol. The molecule has 3 aromatic rings. The molecule has 2 aromatic carbocycles. The number of rotatable bonds is 4. The molecular formula is C29H29NO4. The van der Waals surface area contributed by atoms with E-state index in [9.17, 15) is 9.59 Å². The SMILES string of the molecule is CC(=O)Oc1ccc(-n2c(C)cc(/C=C3\C=C(c4ccc(C(C)(C)C)cc4)OC3=O)c2C)cc1. The van der Waals surface area contributed by atoms with Crippen LogP contribution in [0.15, 0.2) is 66.2 Å². The molecule has 0 fully saturated rings. The van der Waals surface area contributed by atoms with E-state index in [-0.39, 0.29) is 17.4 Å². The number of hydrogen-bond acceptors (Lipinski definition) is 4. The minimum absolute atomic E-state index is 0.0631. The number of aryl methyl sites for hydroxylation is 1. The van der Waals surface area contributed by atoms with Crippen LogP contribution >= 0.6 is 0 Å². The van der Waals surface area contributed by atoms with Crippen molar-refractivity contribution in [1.29, 1.82) is 0 Å². The first-order valence-corrected chi connectivity index (χ1v) is 11.3. The number of esters is 2. The van der Waals surface area contributed by atoms with E-state index in [0.29, 0.717) is 17.1 Å². The third kappa shape index (κ3) is 4.74. The second kappa shape index (κ2) is 8.82. The van der Waals surface area contributed by atoms with Gasteiger partial charge in [-0.1, -0.05) is 45.0 Å². The molecule has 0 unspecified atom stereocenters. The third-order valence-corrected chi connectivity index (χ3v) is 5.90. The molecule has 4 rings (SSSR count). The topological polar surface area (TPSA) is 57.5 Å². The molecule has 0 spiro atoms. The van der Waals surface area contributed by atoms with Crippen LogP contribution in [0.3, 0.4) is 0 Å². The zero-order valence-electron chi connectivity index (χ0n) is 20.4. The monoisotopic (exact) mass is 455 g/mol. The molecule has 2 heterocycles. The van der Waals surface area contributed by atoms with Crippen LogP contribution in [0.4, 0.5) is 0 Å². The Morgan fingerprint density at radius 2 is 1.65 bits per heavy atom. The van der Waals surface area contributed by atoms with Crippen LogP contribution in [0.1, 0.15) is 55.8 Å². The average molecular weight is 456 g/mol. The highest BCUT2D eigenvalue weighted by Crippen LogP contribution is 2.31. The summed E-state index contributed by atoms with van der Waals surface area (Å²) in [6, 6.07) is 17.5. The highest BCUT2D eigenvalue weighted by molar-refractivity contribution is 6.05. The van der Waals surface area contributed by atoms with E-state index in [1.54, 1.807) is 18.2 Å². The van der Waals surface area contributed by atoms with Crippen LogP contribution in [0.25, 0.3) is 17.5 Å². The Labute approximate surface area is 200 Å². The van der Waals surface area contributed by atoms with Gasteiger partial charge in [0, 0.05) is 29.6 Å². The first kappa shape index (κ1) is 23.3. The smallest absolute Gasteiger partial charge is 0.343 e. The minimum atomic E-state index is -0.356. The molecule has 1 aliphatic rings. The Bertz CT molecular complexity index is 1310. The van der Waals surface area contributed by atoms with Gasteiger partial charge in [0.25, 0.3) is 0 Å². The molecular weight excluding hydrogens is 426 g/mol. The van der Waals surface area contributed by atoms with Crippen molar-refractivity contribution in [2.45, 2.75) is 47.0 Å². The molecule has 0 N–H and O–H groups in total. The van der Waals surface area contributed by atoms with Crippen molar-refractivity contribution in [3.05, 3.63) is 94.3 Å². The number of cyclic esters (lactones) is 1. The first-order chi connectivity index (χ1) is 16.0. The van der Waals surface area contributed by atoms with Crippen molar-refractivity contribution in [1.82, 2.24) is 4.57 Å². The van der Waals surface area contributed by atoms with Gasteiger partial charge >= 0.3 is 11.9 Å². The van der Waals surface area contributed by atoms with E-state index in [4.69, 9.17) is 9.47 Å². The highest BCUT2D eigenvalue weighted by atomic mass is 16.5. The van der Waals surface area contributed by atoms with Gasteiger partial charge in [-0.25, -0.2) is 4.79 Å². The summed E-state index contributed by atoms with van der Waals surface area (Å²) in [6.45, 7) is 11.9. The zero-order chi connectivity index (χ0) is 24.6. The standard InChI is InChI=1S/C29H29NO4/c1-18-15-22(19(2)30(18)25-11-13-26(14-12-25)33-20(3)31)16-23-17-27(34-28(23)32)21-7-9-24(10-8-21)29(4,5)6/h7-17H,1-6H3/b23-16+. The summed E-state index contributed by atoms with van der Waals surface area (Å²) in [5, 5.41) is 0. The number of carbonyl (C=O) groups excluding carboxylic acids is 2. The molecule has 0 amide bonds. The van der Waals surface area contributed by atoms with Crippen LogP contribution < -0.4 is 4.74 Å². The van der Waals surface area contributed by atoms with Crippen molar-refractivity contribution < 1.29 is 19.1 Å². The van der Waals surface area contributed by atoms with Crippen molar-refractivity contribution in [2.24, 2.45) is 0 Å².